The molecule has 1 aromatic carbocycles. The van der Waals surface area contributed by atoms with Crippen LogP contribution in [-0.2, 0) is 0 Å². The Hall–Kier alpha value is -1.03. The molecule has 0 saturated carbocycles. The minimum Gasteiger partial charge on any atom is -0.398 e. The van der Waals surface area contributed by atoms with Gasteiger partial charge in [-0.2, -0.15) is 0 Å². The van der Waals surface area contributed by atoms with Crippen molar-refractivity contribution in [3.05, 3.63) is 28.2 Å². The van der Waals surface area contributed by atoms with Crippen molar-refractivity contribution in [1.82, 2.24) is 5.32 Å². The zero-order valence-corrected chi connectivity index (χ0v) is 13.6. The van der Waals surface area contributed by atoms with Crippen LogP contribution in [0.15, 0.2) is 22.7 Å². The van der Waals surface area contributed by atoms with Gasteiger partial charge in [0.05, 0.1) is 0 Å². The smallest absolute Gasteiger partial charge is 0.251 e. The van der Waals surface area contributed by atoms with Gasteiger partial charge in [-0.1, -0.05) is 27.7 Å². The molecule has 0 atom stereocenters. The number of carbonyl (C=O) groups excluding carboxylic acids is 1. The summed E-state index contributed by atoms with van der Waals surface area (Å²) < 4.78 is 0.754. The SMILES string of the molecule is CC(C)C(CNC(=O)c1ccc(N)c(Br)c1)C(C)C. The molecular formula is C15H23BrN2O. The van der Waals surface area contributed by atoms with Crippen molar-refractivity contribution >= 4 is 27.5 Å². The number of benzene rings is 1. The van der Waals surface area contributed by atoms with Crippen LogP contribution in [0, 0.1) is 17.8 Å². The first-order valence-electron chi connectivity index (χ1n) is 6.66. The summed E-state index contributed by atoms with van der Waals surface area (Å²) >= 11 is 3.34. The van der Waals surface area contributed by atoms with E-state index in [2.05, 4.69) is 48.9 Å². The Morgan fingerprint density at radius 2 is 1.84 bits per heavy atom. The number of halogens is 1. The van der Waals surface area contributed by atoms with Crippen LogP contribution in [0.3, 0.4) is 0 Å². The van der Waals surface area contributed by atoms with E-state index in [1.165, 1.54) is 0 Å². The zero-order valence-electron chi connectivity index (χ0n) is 12.0. The maximum Gasteiger partial charge on any atom is 0.251 e. The lowest BCUT2D eigenvalue weighted by molar-refractivity contribution is 0.0937. The molecule has 0 aromatic heterocycles. The highest BCUT2D eigenvalue weighted by molar-refractivity contribution is 9.10. The molecule has 0 fully saturated rings. The number of nitrogen functional groups attached to an aromatic ring is 1. The van der Waals surface area contributed by atoms with E-state index < -0.39 is 0 Å². The lowest BCUT2D eigenvalue weighted by Crippen LogP contribution is -2.33. The Labute approximate surface area is 124 Å². The van der Waals surface area contributed by atoms with Crippen molar-refractivity contribution in [1.29, 1.82) is 0 Å². The van der Waals surface area contributed by atoms with Crippen molar-refractivity contribution < 1.29 is 4.79 Å². The van der Waals surface area contributed by atoms with Gasteiger partial charge in [0.1, 0.15) is 0 Å². The number of rotatable bonds is 5. The average molecular weight is 327 g/mol. The summed E-state index contributed by atoms with van der Waals surface area (Å²) in [5.74, 6) is 1.55. The fourth-order valence-corrected chi connectivity index (χ4v) is 2.60. The number of amides is 1. The number of anilines is 1. The van der Waals surface area contributed by atoms with E-state index in [0.717, 1.165) is 4.47 Å². The molecule has 19 heavy (non-hydrogen) atoms. The van der Waals surface area contributed by atoms with Crippen LogP contribution in [0.25, 0.3) is 0 Å². The summed E-state index contributed by atoms with van der Waals surface area (Å²) in [5, 5.41) is 3.01. The van der Waals surface area contributed by atoms with Crippen LogP contribution in [0.5, 0.6) is 0 Å². The second kappa shape index (κ2) is 6.94. The predicted molar refractivity (Wildman–Crippen MR) is 84.1 cm³/mol. The fourth-order valence-electron chi connectivity index (χ4n) is 2.22. The maximum atomic E-state index is 12.1. The van der Waals surface area contributed by atoms with Crippen molar-refractivity contribution in [2.45, 2.75) is 27.7 Å². The molecular weight excluding hydrogens is 304 g/mol. The molecule has 0 aliphatic heterocycles. The summed E-state index contributed by atoms with van der Waals surface area (Å²) in [6.45, 7) is 9.47. The third kappa shape index (κ3) is 4.53. The lowest BCUT2D eigenvalue weighted by atomic mass is 9.85. The first-order valence-corrected chi connectivity index (χ1v) is 7.45. The van der Waals surface area contributed by atoms with E-state index in [0.29, 0.717) is 35.5 Å². The van der Waals surface area contributed by atoms with Gasteiger partial charge >= 0.3 is 0 Å². The van der Waals surface area contributed by atoms with Crippen LogP contribution in [-0.4, -0.2) is 12.5 Å². The van der Waals surface area contributed by atoms with Gasteiger partial charge in [-0.25, -0.2) is 0 Å². The molecule has 3 nitrogen and oxygen atoms in total. The molecule has 106 valence electrons. The van der Waals surface area contributed by atoms with E-state index in [1.54, 1.807) is 18.2 Å². The summed E-state index contributed by atoms with van der Waals surface area (Å²) in [6, 6.07) is 5.24. The number of hydrogen-bond donors (Lipinski definition) is 2. The topological polar surface area (TPSA) is 55.1 Å². The Morgan fingerprint density at radius 1 is 1.26 bits per heavy atom. The van der Waals surface area contributed by atoms with Crippen LogP contribution in [0.4, 0.5) is 5.69 Å². The number of carbonyl (C=O) groups is 1. The Morgan fingerprint density at radius 3 is 2.32 bits per heavy atom. The molecule has 0 spiro atoms. The Kier molecular flexibility index (Phi) is 5.85. The summed E-state index contributed by atoms with van der Waals surface area (Å²) in [6.07, 6.45) is 0. The molecule has 0 heterocycles. The fraction of sp³-hybridized carbons (Fsp3) is 0.533. The summed E-state index contributed by atoms with van der Waals surface area (Å²) in [4.78, 5) is 12.1. The number of nitrogens with two attached hydrogens (primary N) is 1. The van der Waals surface area contributed by atoms with Gasteiger partial charge in [0.15, 0.2) is 0 Å². The van der Waals surface area contributed by atoms with Crippen molar-refractivity contribution in [3.8, 4) is 0 Å². The van der Waals surface area contributed by atoms with Gasteiger partial charge in [-0.05, 0) is 51.9 Å². The standard InChI is InChI=1S/C15H23BrN2O/c1-9(2)12(10(3)4)8-18-15(19)11-5-6-14(17)13(16)7-11/h5-7,9-10,12H,8,17H2,1-4H3,(H,18,19). The molecule has 4 heteroatoms. The van der Waals surface area contributed by atoms with Crippen LogP contribution < -0.4 is 11.1 Å². The monoisotopic (exact) mass is 326 g/mol. The normalized spacial score (nSPS) is 11.4. The maximum absolute atomic E-state index is 12.1. The van der Waals surface area contributed by atoms with Crippen molar-refractivity contribution in [3.63, 3.8) is 0 Å². The molecule has 0 aliphatic rings. The summed E-state index contributed by atoms with van der Waals surface area (Å²) in [7, 11) is 0. The highest BCUT2D eigenvalue weighted by Gasteiger charge is 2.18. The third-order valence-corrected chi connectivity index (χ3v) is 4.16. The van der Waals surface area contributed by atoms with Gasteiger partial charge in [0, 0.05) is 22.3 Å². The Balaban J connectivity index is 2.66. The second-order valence-corrected chi connectivity index (χ2v) is 6.45. The van der Waals surface area contributed by atoms with Crippen molar-refractivity contribution in [2.24, 2.45) is 17.8 Å². The second-order valence-electron chi connectivity index (χ2n) is 5.60. The summed E-state index contributed by atoms with van der Waals surface area (Å²) in [5.41, 5.74) is 6.98. The molecule has 0 saturated heterocycles. The zero-order chi connectivity index (χ0) is 14.6. The van der Waals surface area contributed by atoms with Gasteiger partial charge in [0.2, 0.25) is 0 Å². The van der Waals surface area contributed by atoms with Gasteiger partial charge in [0.25, 0.3) is 5.91 Å². The van der Waals surface area contributed by atoms with Gasteiger partial charge < -0.3 is 11.1 Å². The largest absolute Gasteiger partial charge is 0.398 e. The van der Waals surface area contributed by atoms with Crippen molar-refractivity contribution in [2.75, 3.05) is 12.3 Å². The molecule has 0 aliphatic carbocycles. The quantitative estimate of drug-likeness (QED) is 0.811. The number of hydrogen-bond acceptors (Lipinski definition) is 2. The van der Waals surface area contributed by atoms with Crippen LogP contribution in [0.2, 0.25) is 0 Å². The van der Waals surface area contributed by atoms with E-state index in [-0.39, 0.29) is 5.91 Å². The molecule has 0 radical (unpaired) electrons. The molecule has 0 unspecified atom stereocenters. The van der Waals surface area contributed by atoms with Gasteiger partial charge in [-0.3, -0.25) is 4.79 Å². The third-order valence-electron chi connectivity index (χ3n) is 3.47. The first-order chi connectivity index (χ1) is 8.82. The van der Waals surface area contributed by atoms with Gasteiger partial charge in [-0.15, -0.1) is 0 Å². The molecule has 3 N–H and O–H groups in total. The lowest BCUT2D eigenvalue weighted by Gasteiger charge is -2.25. The van der Waals surface area contributed by atoms with Crippen LogP contribution >= 0.6 is 15.9 Å². The molecule has 0 bridgehead atoms. The first kappa shape index (κ1) is 16.0. The Bertz CT molecular complexity index is 436. The molecule has 1 rings (SSSR count). The average Bonchev–Trinajstić information content (AvgIpc) is 2.31. The highest BCUT2D eigenvalue weighted by atomic mass is 79.9. The van der Waals surface area contributed by atoms with E-state index in [1.807, 2.05) is 0 Å². The minimum atomic E-state index is -0.0491. The highest BCUT2D eigenvalue weighted by Crippen LogP contribution is 2.21. The van der Waals surface area contributed by atoms with Crippen LogP contribution in [0.1, 0.15) is 38.1 Å². The molecule has 1 aromatic rings. The van der Waals surface area contributed by atoms with E-state index >= 15 is 0 Å². The molecule has 1 amide bonds. The van der Waals surface area contributed by atoms with E-state index in [4.69, 9.17) is 5.73 Å². The predicted octanol–water partition coefficient (Wildman–Crippen LogP) is 3.69. The number of nitrogens with one attached hydrogen (secondary N) is 1. The minimum absolute atomic E-state index is 0.0491. The van der Waals surface area contributed by atoms with E-state index in [9.17, 15) is 4.79 Å².